The molecule has 0 radical (unpaired) electrons. The van der Waals surface area contributed by atoms with E-state index >= 15 is 0 Å². The zero-order valence-corrected chi connectivity index (χ0v) is 15.1. The highest BCUT2D eigenvalue weighted by atomic mass is 35.5. The minimum absolute atomic E-state index is 0.385. The lowest BCUT2D eigenvalue weighted by atomic mass is 9.99. The molecule has 0 bridgehead atoms. The van der Waals surface area contributed by atoms with Gasteiger partial charge in [-0.2, -0.15) is 5.10 Å². The Labute approximate surface area is 151 Å². The first-order valence-electron chi connectivity index (χ1n) is 7.84. The summed E-state index contributed by atoms with van der Waals surface area (Å²) in [4.78, 5) is 11.6. The minimum Gasteiger partial charge on any atom is -0.466 e. The van der Waals surface area contributed by atoms with E-state index in [4.69, 9.17) is 27.9 Å². The molecule has 1 heterocycles. The second kappa shape index (κ2) is 6.99. The third kappa shape index (κ3) is 3.21. The van der Waals surface area contributed by atoms with Gasteiger partial charge in [-0.15, -0.1) is 0 Å². The van der Waals surface area contributed by atoms with E-state index in [1.807, 2.05) is 12.1 Å². The van der Waals surface area contributed by atoms with Gasteiger partial charge < -0.3 is 4.74 Å². The highest BCUT2D eigenvalue weighted by molar-refractivity contribution is 6.32. The van der Waals surface area contributed by atoms with Gasteiger partial charge in [-0.25, -0.2) is 9.48 Å². The van der Waals surface area contributed by atoms with Gasteiger partial charge in [-0.1, -0.05) is 23.2 Å². The van der Waals surface area contributed by atoms with Crippen LogP contribution < -0.4 is 0 Å². The minimum atomic E-state index is -0.385. The van der Waals surface area contributed by atoms with E-state index in [9.17, 15) is 4.79 Å². The number of ether oxygens (including phenoxy) is 1. The van der Waals surface area contributed by atoms with Crippen LogP contribution in [0.4, 0.5) is 0 Å². The van der Waals surface area contributed by atoms with E-state index in [1.165, 1.54) is 7.11 Å². The summed E-state index contributed by atoms with van der Waals surface area (Å²) >= 11 is 12.8. The normalized spacial score (nSPS) is 14.4. The molecule has 0 fully saturated rings. The van der Waals surface area contributed by atoms with Crippen molar-refractivity contribution in [2.24, 2.45) is 0 Å². The summed E-state index contributed by atoms with van der Waals surface area (Å²) in [5.74, 6) is -0.385. The van der Waals surface area contributed by atoms with E-state index in [1.54, 1.807) is 23.7 Å². The summed E-state index contributed by atoms with van der Waals surface area (Å²) in [6.45, 7) is 1.69. The molecule has 0 spiro atoms. The molecule has 0 N–H and O–H groups in total. The number of esters is 1. The van der Waals surface area contributed by atoms with E-state index < -0.39 is 0 Å². The molecule has 0 amide bonds. The predicted octanol–water partition coefficient (Wildman–Crippen LogP) is 4.63. The molecule has 0 atom stereocenters. The second-order valence-corrected chi connectivity index (χ2v) is 6.62. The maximum Gasteiger partial charge on any atom is 0.333 e. The lowest BCUT2D eigenvalue weighted by molar-refractivity contribution is -0.135. The van der Waals surface area contributed by atoms with Crippen molar-refractivity contribution in [1.82, 2.24) is 9.78 Å². The van der Waals surface area contributed by atoms with Crippen LogP contribution in [0.2, 0.25) is 10.2 Å². The van der Waals surface area contributed by atoms with Crippen molar-refractivity contribution < 1.29 is 9.53 Å². The van der Waals surface area contributed by atoms with Gasteiger partial charge in [0.2, 0.25) is 0 Å². The number of aromatic nitrogens is 2. The summed E-state index contributed by atoms with van der Waals surface area (Å²) in [6.07, 6.45) is 5.92. The first-order chi connectivity index (χ1) is 11.5. The Kier molecular flexibility index (Phi) is 4.97. The Balaban J connectivity index is 2.03. The molecule has 0 unspecified atom stereocenters. The fourth-order valence-electron chi connectivity index (χ4n) is 2.91. The Bertz CT molecular complexity index is 825. The molecule has 1 aromatic carbocycles. The van der Waals surface area contributed by atoms with Crippen LogP contribution in [0.1, 0.15) is 36.6 Å². The van der Waals surface area contributed by atoms with Crippen LogP contribution in [0.3, 0.4) is 0 Å². The van der Waals surface area contributed by atoms with Crippen LogP contribution in [-0.2, 0) is 22.4 Å². The Morgan fingerprint density at radius 3 is 2.75 bits per heavy atom. The maximum absolute atomic E-state index is 11.6. The van der Waals surface area contributed by atoms with Gasteiger partial charge in [0.25, 0.3) is 0 Å². The number of hydrogen-bond acceptors (Lipinski definition) is 3. The molecule has 0 aliphatic heterocycles. The van der Waals surface area contributed by atoms with Gasteiger partial charge in [0, 0.05) is 16.2 Å². The van der Waals surface area contributed by atoms with Crippen LogP contribution in [0.5, 0.6) is 0 Å². The van der Waals surface area contributed by atoms with Crippen molar-refractivity contribution in [2.75, 3.05) is 7.11 Å². The fraction of sp³-hybridized carbons (Fsp3) is 0.333. The van der Waals surface area contributed by atoms with E-state index in [0.717, 1.165) is 48.2 Å². The van der Waals surface area contributed by atoms with Crippen LogP contribution in [0.15, 0.2) is 23.8 Å². The molecule has 1 aromatic heterocycles. The summed E-state index contributed by atoms with van der Waals surface area (Å²) in [7, 11) is 1.35. The van der Waals surface area contributed by atoms with Crippen LogP contribution >= 0.6 is 23.2 Å². The lowest BCUT2D eigenvalue weighted by Gasteiger charge is -2.08. The molecule has 24 heavy (non-hydrogen) atoms. The van der Waals surface area contributed by atoms with Crippen LogP contribution in [-0.4, -0.2) is 22.9 Å². The molecule has 4 nitrogen and oxygen atoms in total. The fourth-order valence-corrected chi connectivity index (χ4v) is 3.42. The maximum atomic E-state index is 11.6. The Morgan fingerprint density at radius 1 is 1.29 bits per heavy atom. The van der Waals surface area contributed by atoms with Gasteiger partial charge in [0.05, 0.1) is 18.5 Å². The third-order valence-electron chi connectivity index (χ3n) is 4.20. The molecule has 1 aliphatic carbocycles. The molecule has 126 valence electrons. The van der Waals surface area contributed by atoms with Crippen molar-refractivity contribution in [3.63, 3.8) is 0 Å². The largest absolute Gasteiger partial charge is 0.466 e. The zero-order valence-electron chi connectivity index (χ0n) is 13.6. The van der Waals surface area contributed by atoms with E-state index in [2.05, 4.69) is 5.10 Å². The second-order valence-electron chi connectivity index (χ2n) is 5.86. The smallest absolute Gasteiger partial charge is 0.333 e. The first kappa shape index (κ1) is 17.1. The highest BCUT2D eigenvalue weighted by Crippen LogP contribution is 2.31. The topological polar surface area (TPSA) is 44.1 Å². The van der Waals surface area contributed by atoms with Gasteiger partial charge in [-0.3, -0.25) is 0 Å². The number of benzene rings is 1. The van der Waals surface area contributed by atoms with Gasteiger partial charge >= 0.3 is 5.97 Å². The number of rotatable bonds is 3. The van der Waals surface area contributed by atoms with Crippen molar-refractivity contribution in [1.29, 1.82) is 0 Å². The molecule has 1 aliphatic rings. The zero-order chi connectivity index (χ0) is 17.3. The Hall–Kier alpha value is -1.78. The quantitative estimate of drug-likeness (QED) is 0.588. The predicted molar refractivity (Wildman–Crippen MR) is 95.9 cm³/mol. The van der Waals surface area contributed by atoms with Gasteiger partial charge in [-0.05, 0) is 62.4 Å². The average Bonchev–Trinajstić information content (AvgIpc) is 2.93. The molecular weight excluding hydrogens is 347 g/mol. The van der Waals surface area contributed by atoms with Crippen molar-refractivity contribution >= 4 is 35.2 Å². The Morgan fingerprint density at radius 2 is 2.04 bits per heavy atom. The number of carbonyl (C=O) groups is 1. The molecule has 2 aromatic rings. The molecule has 0 saturated carbocycles. The molecule has 6 heteroatoms. The van der Waals surface area contributed by atoms with Crippen molar-refractivity contribution in [2.45, 2.75) is 32.6 Å². The van der Waals surface area contributed by atoms with Crippen molar-refractivity contribution in [3.05, 3.63) is 50.8 Å². The number of hydrogen-bond donors (Lipinski definition) is 0. The van der Waals surface area contributed by atoms with Crippen molar-refractivity contribution in [3.8, 4) is 5.69 Å². The van der Waals surface area contributed by atoms with E-state index in [-0.39, 0.29) is 5.97 Å². The number of aryl methyl sites for hydroxylation is 1. The lowest BCUT2D eigenvalue weighted by Crippen LogP contribution is -2.02. The monoisotopic (exact) mass is 364 g/mol. The molecule has 0 saturated heterocycles. The number of methoxy groups -OCH3 is 1. The van der Waals surface area contributed by atoms with Crippen LogP contribution in [0.25, 0.3) is 11.8 Å². The average molecular weight is 365 g/mol. The van der Waals surface area contributed by atoms with E-state index in [0.29, 0.717) is 15.7 Å². The summed E-state index contributed by atoms with van der Waals surface area (Å²) in [5, 5.41) is 5.86. The third-order valence-corrected chi connectivity index (χ3v) is 4.93. The number of halogens is 2. The number of carbonyl (C=O) groups excluding carboxylic acids is 1. The highest BCUT2D eigenvalue weighted by Gasteiger charge is 2.20. The molecule has 3 rings (SSSR count). The summed E-state index contributed by atoms with van der Waals surface area (Å²) in [5.41, 5.74) is 4.23. The standard InChI is InChI=1S/C18H18Cl2N2O2/c1-11(18(23)24-2)9-12-10-13(7-8-15(12)19)22-17(20)14-5-3-4-6-16(14)21-22/h7-10H,3-6H2,1-2H3/b11-9+. The summed E-state index contributed by atoms with van der Waals surface area (Å²) in [6, 6.07) is 5.53. The van der Waals surface area contributed by atoms with Gasteiger partial charge in [0.15, 0.2) is 0 Å². The SMILES string of the molecule is COC(=O)/C(C)=C/c1cc(-n2nc3c(c2Cl)CCCC3)ccc1Cl. The number of fused-ring (bicyclic) bond motifs is 1. The van der Waals surface area contributed by atoms with Gasteiger partial charge in [0.1, 0.15) is 5.15 Å². The first-order valence-corrected chi connectivity index (χ1v) is 8.59. The summed E-state index contributed by atoms with van der Waals surface area (Å²) < 4.78 is 6.47. The van der Waals surface area contributed by atoms with Crippen LogP contribution in [0, 0.1) is 0 Å². The molecular formula is C18H18Cl2N2O2. The number of nitrogens with zero attached hydrogens (tertiary/aromatic N) is 2.